The summed E-state index contributed by atoms with van der Waals surface area (Å²) in [5.74, 6) is -0.158. The summed E-state index contributed by atoms with van der Waals surface area (Å²) in [5, 5.41) is 11.9. The first-order valence-electron chi connectivity index (χ1n) is 13.7. The number of carbonyl (C=O) groups is 1. The second kappa shape index (κ2) is 12.9. The summed E-state index contributed by atoms with van der Waals surface area (Å²) in [6.07, 6.45) is 1.71. The molecule has 1 aliphatic heterocycles. The lowest BCUT2D eigenvalue weighted by atomic mass is 10.0. The number of nitrogens with zero attached hydrogens (tertiary/aromatic N) is 6. The number of anilines is 1. The zero-order valence-electron chi connectivity index (χ0n) is 23.9. The molecule has 208 valence electrons. The Kier molecular flexibility index (Phi) is 9.12. The first kappa shape index (κ1) is 27.6. The van der Waals surface area contributed by atoms with Crippen LogP contribution in [0.2, 0.25) is 0 Å². The predicted octanol–water partition coefficient (Wildman–Crippen LogP) is 5.29. The van der Waals surface area contributed by atoms with Crippen LogP contribution in [0, 0.1) is 17.2 Å². The van der Waals surface area contributed by atoms with Crippen LogP contribution in [0.15, 0.2) is 43.0 Å². The van der Waals surface area contributed by atoms with E-state index in [0.717, 1.165) is 0 Å². The lowest BCUT2D eigenvalue weighted by molar-refractivity contribution is -0.0265. The summed E-state index contributed by atoms with van der Waals surface area (Å²) in [6, 6.07) is 11.3. The first-order valence-corrected chi connectivity index (χ1v) is 14.1. The minimum Gasteiger partial charge on any atom is -0.352 e. The molecule has 5 atom stereocenters. The van der Waals surface area contributed by atoms with Crippen molar-refractivity contribution in [3.05, 3.63) is 48.5 Å². The van der Waals surface area contributed by atoms with Crippen LogP contribution in [0.3, 0.4) is 0 Å². The van der Waals surface area contributed by atoms with Crippen molar-refractivity contribution in [2.45, 2.75) is 78.5 Å². The number of aromatic nitrogens is 4. The molecule has 0 radical (unpaired) electrons. The van der Waals surface area contributed by atoms with E-state index in [0.29, 0.717) is 16.7 Å². The van der Waals surface area contributed by atoms with Gasteiger partial charge >= 0.3 is 0 Å². The fourth-order valence-corrected chi connectivity index (χ4v) is 6.33. The van der Waals surface area contributed by atoms with Gasteiger partial charge in [0.15, 0.2) is 23.2 Å². The standard InChI is InChI=1S/C27H36N7O4P/c1-17(2)34(18(3)4)39(36-14-10-13-28)38-23-19(5)20(6)37-27(23)33-16-31-22-24(29-15-30-25(22)33)32-26(35)21-11-8-7-9-12-21/h7-9,11-12,15-20,23,27H,10,14H2,1-6H3,(H,29,30,32,35)/t19-,20+,23?,27+,39?/m0/s1/i6D. The molecule has 0 aliphatic carbocycles. The van der Waals surface area contributed by atoms with Crippen molar-refractivity contribution in [1.29, 1.82) is 5.26 Å². The molecule has 1 saturated heterocycles. The number of imidazole rings is 1. The highest BCUT2D eigenvalue weighted by Gasteiger charge is 2.45. The summed E-state index contributed by atoms with van der Waals surface area (Å²) in [7, 11) is -1.55. The Bertz CT molecular complexity index is 1310. The SMILES string of the molecule is [2H]C[C@H]1O[C@@H](n2cnc3c(NC(=O)c4ccccc4)ncnc32)C(OP(OCCC#N)N(C(C)C)C(C)C)[C@H]1C. The number of rotatable bonds is 11. The Morgan fingerprint density at radius 1 is 1.26 bits per heavy atom. The number of benzene rings is 1. The molecule has 1 amide bonds. The summed E-state index contributed by atoms with van der Waals surface area (Å²) in [4.78, 5) is 26.0. The summed E-state index contributed by atoms with van der Waals surface area (Å²) in [6.45, 7) is 10.6. The van der Waals surface area contributed by atoms with Crippen molar-refractivity contribution in [3.63, 3.8) is 0 Å². The van der Waals surface area contributed by atoms with Gasteiger partial charge < -0.3 is 19.1 Å². The Labute approximate surface area is 231 Å². The molecule has 12 heteroatoms. The second-order valence-electron chi connectivity index (χ2n) is 9.91. The van der Waals surface area contributed by atoms with E-state index in [1.807, 2.05) is 13.0 Å². The van der Waals surface area contributed by atoms with Crippen molar-refractivity contribution in [2.75, 3.05) is 11.9 Å². The van der Waals surface area contributed by atoms with Crippen LogP contribution in [0.5, 0.6) is 0 Å². The smallest absolute Gasteiger partial charge is 0.259 e. The van der Waals surface area contributed by atoms with Gasteiger partial charge in [-0.05, 0) is 46.7 Å². The maximum atomic E-state index is 12.8. The number of ether oxygens (including phenoxy) is 1. The number of fused-ring (bicyclic) bond motifs is 1. The maximum Gasteiger partial charge on any atom is 0.259 e. The van der Waals surface area contributed by atoms with Gasteiger partial charge in [-0.1, -0.05) is 25.1 Å². The fraction of sp³-hybridized carbons (Fsp3) is 0.519. The zero-order valence-corrected chi connectivity index (χ0v) is 23.8. The van der Waals surface area contributed by atoms with Gasteiger partial charge in [0.05, 0.1) is 31.5 Å². The molecule has 2 unspecified atom stereocenters. The average molecular weight is 555 g/mol. The van der Waals surface area contributed by atoms with Crippen molar-refractivity contribution in [2.24, 2.45) is 5.92 Å². The van der Waals surface area contributed by atoms with Crippen molar-refractivity contribution in [1.82, 2.24) is 24.2 Å². The second-order valence-corrected chi connectivity index (χ2v) is 11.3. The number of hydrogen-bond acceptors (Lipinski definition) is 9. The molecule has 3 heterocycles. The van der Waals surface area contributed by atoms with Gasteiger partial charge in [-0.2, -0.15) is 5.26 Å². The highest BCUT2D eigenvalue weighted by atomic mass is 31.2. The van der Waals surface area contributed by atoms with Crippen LogP contribution < -0.4 is 5.32 Å². The fourth-order valence-electron chi connectivity index (χ4n) is 4.52. The number of nitriles is 1. The van der Waals surface area contributed by atoms with Gasteiger partial charge in [0.25, 0.3) is 14.4 Å². The minimum absolute atomic E-state index is 0.0583. The van der Waals surface area contributed by atoms with Crippen molar-refractivity contribution in [3.8, 4) is 6.07 Å². The Morgan fingerprint density at radius 3 is 2.67 bits per heavy atom. The molecule has 11 nitrogen and oxygen atoms in total. The number of hydrogen-bond donors (Lipinski definition) is 1. The van der Waals surface area contributed by atoms with E-state index in [1.165, 1.54) is 6.33 Å². The molecular weight excluding hydrogens is 517 g/mol. The summed E-state index contributed by atoms with van der Waals surface area (Å²) in [5.41, 5.74) is 1.38. The number of amides is 1. The molecule has 1 fully saturated rings. The van der Waals surface area contributed by atoms with Crippen LogP contribution in [-0.4, -0.2) is 61.0 Å². The van der Waals surface area contributed by atoms with Crippen LogP contribution in [0.25, 0.3) is 11.2 Å². The first-order chi connectivity index (χ1) is 19.3. The average Bonchev–Trinajstić information content (AvgIpc) is 3.50. The molecule has 0 saturated carbocycles. The van der Waals surface area contributed by atoms with Gasteiger partial charge in [0.2, 0.25) is 0 Å². The lowest BCUT2D eigenvalue weighted by Crippen LogP contribution is -2.36. The molecule has 3 aromatic rings. The highest BCUT2D eigenvalue weighted by molar-refractivity contribution is 7.44. The van der Waals surface area contributed by atoms with Gasteiger partial charge in [-0.25, -0.2) is 19.6 Å². The number of nitrogens with one attached hydrogen (secondary N) is 1. The topological polar surface area (TPSA) is 127 Å². The van der Waals surface area contributed by atoms with Crippen LogP contribution in [-0.2, 0) is 13.8 Å². The summed E-state index contributed by atoms with van der Waals surface area (Å²) >= 11 is 0. The van der Waals surface area contributed by atoms with Crippen LogP contribution in [0.1, 0.15) is 65.9 Å². The molecule has 39 heavy (non-hydrogen) atoms. The third kappa shape index (κ3) is 6.43. The predicted molar refractivity (Wildman–Crippen MR) is 149 cm³/mol. The van der Waals surface area contributed by atoms with E-state index in [9.17, 15) is 4.79 Å². The molecule has 0 bridgehead atoms. The largest absolute Gasteiger partial charge is 0.352 e. The summed E-state index contributed by atoms with van der Waals surface area (Å²) < 4.78 is 31.2. The minimum atomic E-state index is -1.55. The van der Waals surface area contributed by atoms with Crippen LogP contribution in [0.4, 0.5) is 5.82 Å². The van der Waals surface area contributed by atoms with E-state index in [2.05, 4.69) is 58.7 Å². The van der Waals surface area contributed by atoms with Crippen molar-refractivity contribution >= 4 is 31.4 Å². The normalized spacial score (nSPS) is 22.4. The monoisotopic (exact) mass is 554 g/mol. The van der Waals surface area contributed by atoms with E-state index in [-0.39, 0.29) is 55.8 Å². The van der Waals surface area contributed by atoms with E-state index in [1.54, 1.807) is 35.2 Å². The van der Waals surface area contributed by atoms with Gasteiger partial charge in [0, 0.05) is 24.9 Å². The Morgan fingerprint density at radius 2 is 2.00 bits per heavy atom. The molecular formula is C27H36N7O4P. The van der Waals surface area contributed by atoms with Gasteiger partial charge in [-0.3, -0.25) is 9.36 Å². The molecule has 4 rings (SSSR count). The highest BCUT2D eigenvalue weighted by Crippen LogP contribution is 2.51. The van der Waals surface area contributed by atoms with Gasteiger partial charge in [0.1, 0.15) is 12.4 Å². The Balaban J connectivity index is 1.66. The number of carbonyl (C=O) groups excluding carboxylic acids is 1. The van der Waals surface area contributed by atoms with E-state index < -0.39 is 20.9 Å². The molecule has 1 aliphatic rings. The van der Waals surface area contributed by atoms with E-state index in [4.69, 9.17) is 20.4 Å². The Hall–Kier alpha value is -3.00. The molecule has 0 spiro atoms. The third-order valence-electron chi connectivity index (χ3n) is 6.47. The van der Waals surface area contributed by atoms with Gasteiger partial charge in [-0.15, -0.1) is 0 Å². The zero-order chi connectivity index (χ0) is 28.8. The lowest BCUT2D eigenvalue weighted by Gasteiger charge is -2.38. The molecule has 2 aromatic heterocycles. The van der Waals surface area contributed by atoms with Crippen LogP contribution >= 0.6 is 8.53 Å². The molecule has 1 N–H and O–H groups in total. The van der Waals surface area contributed by atoms with E-state index >= 15 is 0 Å². The maximum absolute atomic E-state index is 12.8. The molecule has 1 aromatic carbocycles. The van der Waals surface area contributed by atoms with Crippen molar-refractivity contribution < 1.29 is 19.9 Å². The quantitative estimate of drug-likeness (QED) is 0.248. The third-order valence-corrected chi connectivity index (χ3v) is 8.60.